The van der Waals surface area contributed by atoms with Crippen molar-refractivity contribution >= 4 is 33.9 Å². The van der Waals surface area contributed by atoms with Crippen molar-refractivity contribution in [3.63, 3.8) is 0 Å². The SMILES string of the molecule is Brc1cnn(C(c2ccccc2)(c2ccccc2)c2ccccc2)c1.C.C.O=C(OCc1ccccc1)N1CCCC(O)(c2cnn(C(c3ccccc3)(c3ccccc3)c3ccccc3)c2)C1.O=C1CCCN(C(=O)OCc2ccccc2)C1.OC1(c2cn[nH]c2)CCCNC1.[CH2-]CCC.[Li+]. The van der Waals surface area contributed by atoms with E-state index in [2.05, 4.69) is 160 Å². The Bertz CT molecular complexity index is 3980. The molecule has 8 aromatic carbocycles. The number of nitrogens with zero attached hydrogens (tertiary/aromatic N) is 7. The van der Waals surface area contributed by atoms with Crippen molar-refractivity contribution < 1.29 is 52.9 Å². The molecule has 3 aliphatic rings. The summed E-state index contributed by atoms with van der Waals surface area (Å²) in [5.74, 6) is 0.105. The maximum atomic E-state index is 13.0. The van der Waals surface area contributed by atoms with Crippen LogP contribution in [0, 0.1) is 6.92 Å². The van der Waals surface area contributed by atoms with Crippen molar-refractivity contribution in [2.45, 2.75) is 109 Å². The Labute approximate surface area is 622 Å². The molecule has 2 unspecified atom stereocenters. The van der Waals surface area contributed by atoms with Crippen LogP contribution in [0.4, 0.5) is 9.59 Å². The molecule has 2 amide bonds. The second-order valence-electron chi connectivity index (χ2n) is 24.7. The predicted molar refractivity (Wildman–Crippen MR) is 403 cm³/mol. The Hall–Kier alpha value is -9.44. The number of hydrogen-bond donors (Lipinski definition) is 4. The topological polar surface area (TPSA) is 193 Å². The molecule has 3 saturated heterocycles. The molecular formula is C84H95BrLiN9O7. The summed E-state index contributed by atoms with van der Waals surface area (Å²) in [4.78, 5) is 38.9. The number of amides is 2. The second kappa shape index (κ2) is 39.7. The van der Waals surface area contributed by atoms with Crippen molar-refractivity contribution in [3.8, 4) is 0 Å². The number of likely N-dealkylation sites (tertiary alicyclic amines) is 2. The molecule has 0 bridgehead atoms. The van der Waals surface area contributed by atoms with E-state index in [1.165, 1.54) is 28.0 Å². The van der Waals surface area contributed by atoms with Gasteiger partial charge >= 0.3 is 31.0 Å². The molecule has 526 valence electrons. The number of piperidine rings is 3. The Morgan fingerprint density at radius 2 is 0.931 bits per heavy atom. The molecule has 4 N–H and O–H groups in total. The summed E-state index contributed by atoms with van der Waals surface area (Å²) >= 11 is 3.56. The number of halogens is 1. The third-order valence-corrected chi connectivity index (χ3v) is 18.3. The van der Waals surface area contributed by atoms with E-state index >= 15 is 0 Å². The van der Waals surface area contributed by atoms with Gasteiger partial charge in [-0.25, -0.2) is 9.59 Å². The van der Waals surface area contributed by atoms with E-state index < -0.39 is 34.5 Å². The van der Waals surface area contributed by atoms with Crippen molar-refractivity contribution in [1.82, 2.24) is 44.9 Å². The summed E-state index contributed by atoms with van der Waals surface area (Å²) in [5.41, 5.74) is 6.82. The van der Waals surface area contributed by atoms with E-state index in [4.69, 9.17) is 14.6 Å². The monoisotopic (exact) mass is 1430 g/mol. The van der Waals surface area contributed by atoms with Crippen LogP contribution in [-0.2, 0) is 49.8 Å². The van der Waals surface area contributed by atoms with Crippen LogP contribution in [0.1, 0.15) is 129 Å². The van der Waals surface area contributed by atoms with Crippen LogP contribution in [0.5, 0.6) is 0 Å². The van der Waals surface area contributed by atoms with Crippen molar-refractivity contribution in [2.75, 3.05) is 39.3 Å². The molecular weight excluding hydrogens is 1330 g/mol. The van der Waals surface area contributed by atoms with Gasteiger partial charge in [0.05, 0.1) is 36.2 Å². The van der Waals surface area contributed by atoms with Gasteiger partial charge in [0, 0.05) is 55.8 Å². The smallest absolute Gasteiger partial charge is 0.445 e. The van der Waals surface area contributed by atoms with Gasteiger partial charge in [-0.15, -0.1) is 0 Å². The maximum Gasteiger partial charge on any atom is 1.00 e. The number of ketones is 1. The number of ether oxygens (including phenoxy) is 2. The van der Waals surface area contributed by atoms with Gasteiger partial charge in [-0.05, 0) is 99.1 Å². The number of carbonyl (C=O) groups is 3. The summed E-state index contributed by atoms with van der Waals surface area (Å²) in [6, 6.07) is 81.6. The summed E-state index contributed by atoms with van der Waals surface area (Å²) in [7, 11) is 0. The van der Waals surface area contributed by atoms with Gasteiger partial charge in [0.15, 0.2) is 5.78 Å². The fourth-order valence-electron chi connectivity index (χ4n) is 12.8. The molecule has 16 nitrogen and oxygen atoms in total. The minimum Gasteiger partial charge on any atom is -0.445 e. The number of hydrogen-bond acceptors (Lipinski definition) is 11. The summed E-state index contributed by atoms with van der Waals surface area (Å²) < 4.78 is 15.7. The van der Waals surface area contributed by atoms with Gasteiger partial charge in [0.2, 0.25) is 0 Å². The first kappa shape index (κ1) is 79.9. The van der Waals surface area contributed by atoms with E-state index in [9.17, 15) is 24.6 Å². The Morgan fingerprint density at radius 3 is 1.30 bits per heavy atom. The third-order valence-electron chi connectivity index (χ3n) is 17.9. The van der Waals surface area contributed by atoms with Crippen molar-refractivity contribution in [3.05, 3.63) is 347 Å². The van der Waals surface area contributed by atoms with Gasteiger partial charge < -0.3 is 41.7 Å². The molecule has 2 atom stereocenters. The average molecular weight is 1430 g/mol. The number of rotatable bonds is 15. The fourth-order valence-corrected chi connectivity index (χ4v) is 13.1. The van der Waals surface area contributed by atoms with E-state index in [0.29, 0.717) is 44.5 Å². The van der Waals surface area contributed by atoms with Crippen LogP contribution in [0.3, 0.4) is 0 Å². The normalized spacial score (nSPS) is 16.2. The molecule has 11 aromatic rings. The third kappa shape index (κ3) is 20.0. The number of nitrogens with one attached hydrogen (secondary N) is 2. The standard InChI is InChI=1S/C35H33N3O3.C22H17BrN2.C13H15NO3.C8H13N3O.C4H9.2CH4.Li/c39-33(41-26-28-14-5-1-6-15-28)37-23-13-22-34(40,27-37)32-24-36-38(25-32)35(29-16-7-2-8-17-29,30-18-9-3-10-19-30)31-20-11-4-12-21-31;23-21-16-24-25(17-21)22(18-10-4-1-5-11-18,19-12-6-2-7-13-19)20-14-8-3-9-15-20;15-12-7-4-8-14(9-12)13(16)17-10-11-5-2-1-3-6-11;12-8(2-1-3-9-6-8)7-4-10-11-5-7;1-3-4-2;;;/h1-12,14-21,24-25,40H,13,22-23,26-27H2;1-17H;1-3,5-6H,4,7-10H2;4-5,9,12H,1-3,6H2,(H,10,11);1,3-4H2,2H3;2*1H4;/q;;;;-1;;;+1. The first-order valence-electron chi connectivity index (χ1n) is 33.9. The minimum absolute atomic E-state index is 0. The second-order valence-corrected chi connectivity index (χ2v) is 25.7. The first-order chi connectivity index (χ1) is 48.4. The molecule has 14 rings (SSSR count). The van der Waals surface area contributed by atoms with E-state index in [-0.39, 0.29) is 65.8 Å². The molecule has 3 aliphatic heterocycles. The minimum atomic E-state index is -1.25. The van der Waals surface area contributed by atoms with Gasteiger partial charge in [0.25, 0.3) is 0 Å². The molecule has 0 aliphatic carbocycles. The van der Waals surface area contributed by atoms with Gasteiger partial charge in [-0.1, -0.05) is 271 Å². The summed E-state index contributed by atoms with van der Waals surface area (Å²) in [6.07, 6.45) is 16.8. The Morgan fingerprint density at radius 1 is 0.539 bits per heavy atom. The zero-order valence-electron chi connectivity index (χ0n) is 57.0. The number of aromatic amines is 1. The number of aromatic nitrogens is 6. The van der Waals surface area contributed by atoms with Gasteiger partial charge in [0.1, 0.15) is 35.5 Å². The Kier molecular flexibility index (Phi) is 31.1. The van der Waals surface area contributed by atoms with E-state index in [0.717, 1.165) is 70.1 Å². The van der Waals surface area contributed by atoms with Crippen LogP contribution < -0.4 is 24.2 Å². The molecule has 6 heterocycles. The van der Waals surface area contributed by atoms with E-state index in [1.807, 2.05) is 161 Å². The quantitative estimate of drug-likeness (QED) is 0.0434. The van der Waals surface area contributed by atoms with Crippen LogP contribution in [0.2, 0.25) is 0 Å². The number of H-pyrrole nitrogens is 1. The number of carbonyl (C=O) groups excluding carboxylic acids is 3. The average Bonchev–Trinajstić information content (AvgIpc) is 1.33. The predicted octanol–water partition coefficient (Wildman–Crippen LogP) is 13.7. The molecule has 18 heteroatoms. The molecule has 0 spiro atoms. The molecule has 3 fully saturated rings. The maximum absolute atomic E-state index is 13.0. The van der Waals surface area contributed by atoms with Crippen LogP contribution in [0.25, 0.3) is 0 Å². The molecule has 0 saturated carbocycles. The zero-order chi connectivity index (χ0) is 69.2. The number of Topliss-reactive ketones (excluding diaryl/α,β-unsaturated/α-hetero) is 1. The van der Waals surface area contributed by atoms with Crippen molar-refractivity contribution in [2.24, 2.45) is 0 Å². The van der Waals surface area contributed by atoms with Gasteiger partial charge in [-0.3, -0.25) is 19.3 Å². The molecule has 102 heavy (non-hydrogen) atoms. The molecule has 0 radical (unpaired) electrons. The number of benzene rings is 8. The van der Waals surface area contributed by atoms with Crippen LogP contribution in [0.15, 0.2) is 284 Å². The zero-order valence-corrected chi connectivity index (χ0v) is 58.6. The van der Waals surface area contributed by atoms with E-state index in [1.54, 1.807) is 23.5 Å². The summed E-state index contributed by atoms with van der Waals surface area (Å²) in [5, 5.41) is 41.4. The number of unbranched alkanes of at least 4 members (excludes halogenated alkanes) is 1. The Balaban J connectivity index is 0.000000203. The largest absolute Gasteiger partial charge is 1.00 e. The fraction of sp³-hybridized carbons (Fsp3) is 0.274. The number of aliphatic hydroxyl groups is 2. The van der Waals surface area contributed by atoms with Gasteiger partial charge in [-0.2, -0.15) is 21.7 Å². The van der Waals surface area contributed by atoms with Crippen molar-refractivity contribution in [1.29, 1.82) is 0 Å². The first-order valence-corrected chi connectivity index (χ1v) is 34.6. The number of β-amino-alcohol motifs (C(OH)–C–C–N with tert-alkyl or cyclic N) is 2. The summed E-state index contributed by atoms with van der Waals surface area (Å²) in [6.45, 7) is 9.28. The molecule has 3 aromatic heterocycles. The van der Waals surface area contributed by atoms with Crippen LogP contribution in [-0.4, -0.2) is 107 Å². The van der Waals surface area contributed by atoms with Crippen LogP contribution >= 0.6 is 15.9 Å².